The molecule has 0 amide bonds. The largest absolute Gasteiger partial charge is 0.0654 e. The Morgan fingerprint density at radius 3 is 2.15 bits per heavy atom. The van der Waals surface area contributed by atoms with Gasteiger partial charge >= 0.3 is 0 Å². The van der Waals surface area contributed by atoms with Gasteiger partial charge in [-0.15, -0.1) is 0 Å². The summed E-state index contributed by atoms with van der Waals surface area (Å²) in [6, 6.07) is 0. The van der Waals surface area contributed by atoms with Crippen LogP contribution in [0.15, 0.2) is 11.1 Å². The highest BCUT2D eigenvalue weighted by Gasteiger charge is 2.56. The van der Waals surface area contributed by atoms with Crippen molar-refractivity contribution in [1.29, 1.82) is 0 Å². The molecule has 0 aliphatic heterocycles. The van der Waals surface area contributed by atoms with Crippen LogP contribution in [0, 0.1) is 59.2 Å². The van der Waals surface area contributed by atoms with E-state index in [1.807, 2.05) is 11.1 Å². The maximum absolute atomic E-state index is 2.55. The van der Waals surface area contributed by atoms with E-state index in [2.05, 4.69) is 41.5 Å². The van der Waals surface area contributed by atoms with E-state index in [1.54, 1.807) is 19.3 Å². The lowest BCUT2D eigenvalue weighted by Gasteiger charge is -2.52. The monoisotopic (exact) mass is 454 g/mol. The van der Waals surface area contributed by atoms with Crippen LogP contribution in [0.2, 0.25) is 0 Å². The van der Waals surface area contributed by atoms with Crippen molar-refractivity contribution in [3.63, 3.8) is 0 Å². The molecule has 0 aromatic carbocycles. The van der Waals surface area contributed by atoms with E-state index in [1.165, 1.54) is 77.0 Å². The van der Waals surface area contributed by atoms with Crippen molar-refractivity contribution < 1.29 is 0 Å². The van der Waals surface area contributed by atoms with Gasteiger partial charge in [-0.05, 0) is 85.4 Å². The third-order valence-electron chi connectivity index (χ3n) is 11.2. The summed E-state index contributed by atoms with van der Waals surface area (Å²) in [6.45, 7) is 14.7. The molecule has 0 bridgehead atoms. The van der Waals surface area contributed by atoms with E-state index in [9.17, 15) is 0 Å². The van der Waals surface area contributed by atoms with E-state index in [0.717, 1.165) is 59.2 Å². The lowest BCUT2D eigenvalue weighted by Crippen LogP contribution is -2.46. The average Bonchev–Trinajstić information content (AvgIpc) is 3.44. The van der Waals surface area contributed by atoms with Gasteiger partial charge in [0.1, 0.15) is 0 Å². The minimum atomic E-state index is 0.878. The smallest absolute Gasteiger partial charge is 0.00188 e. The van der Waals surface area contributed by atoms with Gasteiger partial charge in [0.25, 0.3) is 0 Å². The summed E-state index contributed by atoms with van der Waals surface area (Å²) < 4.78 is 0. The second-order valence-electron chi connectivity index (χ2n) is 13.6. The Bertz CT molecular complexity index is 630. The van der Waals surface area contributed by atoms with Gasteiger partial charge in [0.15, 0.2) is 0 Å². The Balaban J connectivity index is 1.21. The van der Waals surface area contributed by atoms with Crippen LogP contribution in [0.25, 0.3) is 0 Å². The summed E-state index contributed by atoms with van der Waals surface area (Å²) in [4.78, 5) is 0. The zero-order valence-corrected chi connectivity index (χ0v) is 23.4. The molecule has 4 rings (SSSR count). The minimum absolute atomic E-state index is 0.878. The third kappa shape index (κ3) is 5.61. The first kappa shape index (κ1) is 25.8. The van der Waals surface area contributed by atoms with E-state index < -0.39 is 0 Å². The highest BCUT2D eigenvalue weighted by Crippen LogP contribution is 2.67. The van der Waals surface area contributed by atoms with Crippen LogP contribution in [0.1, 0.15) is 138 Å². The number of unbranched alkanes of at least 4 members (excludes halogenated alkanes) is 3. The van der Waals surface area contributed by atoms with Crippen molar-refractivity contribution in [2.24, 2.45) is 59.2 Å². The first-order valence-electron chi connectivity index (χ1n) is 15.7. The fourth-order valence-electron chi connectivity index (χ4n) is 9.63. The number of rotatable bonds is 14. The van der Waals surface area contributed by atoms with Gasteiger partial charge < -0.3 is 0 Å². The zero-order chi connectivity index (χ0) is 23.5. The van der Waals surface area contributed by atoms with Crippen molar-refractivity contribution in [3.8, 4) is 0 Å². The number of fused-ring (bicyclic) bond motifs is 3. The average molecular weight is 455 g/mol. The van der Waals surface area contributed by atoms with Gasteiger partial charge in [0, 0.05) is 5.92 Å². The maximum Gasteiger partial charge on any atom is 0.00188 e. The van der Waals surface area contributed by atoms with Gasteiger partial charge in [-0.1, -0.05) is 117 Å². The highest BCUT2D eigenvalue weighted by atomic mass is 14.6. The molecule has 190 valence electrons. The normalized spacial score (nSPS) is 38.3. The molecular formula is C33H58. The molecule has 0 saturated heterocycles. The van der Waals surface area contributed by atoms with E-state index in [-0.39, 0.29) is 0 Å². The van der Waals surface area contributed by atoms with E-state index >= 15 is 0 Å². The predicted octanol–water partition coefficient (Wildman–Crippen LogP) is 10.5. The van der Waals surface area contributed by atoms with Crippen LogP contribution in [-0.4, -0.2) is 0 Å². The number of allylic oxidation sites excluding steroid dienone is 2. The number of hydrogen-bond acceptors (Lipinski definition) is 0. The van der Waals surface area contributed by atoms with Crippen LogP contribution >= 0.6 is 0 Å². The molecular weight excluding hydrogens is 396 g/mol. The van der Waals surface area contributed by atoms with Crippen molar-refractivity contribution in [1.82, 2.24) is 0 Å². The summed E-state index contributed by atoms with van der Waals surface area (Å²) in [5.74, 6) is 9.97. The molecule has 0 heterocycles. The fourth-order valence-corrected chi connectivity index (χ4v) is 9.63. The molecule has 4 aliphatic carbocycles. The lowest BCUT2D eigenvalue weighted by atomic mass is 9.53. The Hall–Kier alpha value is -0.260. The summed E-state index contributed by atoms with van der Waals surface area (Å²) >= 11 is 0. The molecule has 0 spiro atoms. The maximum atomic E-state index is 2.55. The van der Waals surface area contributed by atoms with Gasteiger partial charge in [-0.25, -0.2) is 0 Å². The van der Waals surface area contributed by atoms with Crippen LogP contribution in [0.4, 0.5) is 0 Å². The molecule has 2 fully saturated rings. The molecule has 33 heavy (non-hydrogen) atoms. The topological polar surface area (TPSA) is 0 Å². The molecule has 0 aromatic heterocycles. The molecule has 0 radical (unpaired) electrons. The molecule has 7 atom stereocenters. The molecule has 0 aromatic rings. The number of hydrogen-bond donors (Lipinski definition) is 0. The molecule has 0 nitrogen and oxygen atoms in total. The minimum Gasteiger partial charge on any atom is -0.0654 e. The van der Waals surface area contributed by atoms with Crippen LogP contribution in [0.5, 0.6) is 0 Å². The molecule has 4 aliphatic rings. The summed E-state index contributed by atoms with van der Waals surface area (Å²) in [5.41, 5.74) is 3.96. The SMILES string of the molecule is CCCCCC(CCCCC1C(C)C(C(C)C)C1C)CC1CCCC2C3=C(C3CCC)C2C1. The Morgan fingerprint density at radius 1 is 0.788 bits per heavy atom. The van der Waals surface area contributed by atoms with Gasteiger partial charge in [0.05, 0.1) is 0 Å². The Kier molecular flexibility index (Phi) is 9.12. The molecule has 7 unspecified atom stereocenters. The van der Waals surface area contributed by atoms with Crippen molar-refractivity contribution in [2.45, 2.75) is 138 Å². The quantitative estimate of drug-likeness (QED) is 0.181. The van der Waals surface area contributed by atoms with Gasteiger partial charge in [-0.3, -0.25) is 0 Å². The second-order valence-corrected chi connectivity index (χ2v) is 13.6. The summed E-state index contributed by atoms with van der Waals surface area (Å²) in [6.07, 6.45) is 22.5. The van der Waals surface area contributed by atoms with Crippen molar-refractivity contribution >= 4 is 0 Å². The Morgan fingerprint density at radius 2 is 1.48 bits per heavy atom. The van der Waals surface area contributed by atoms with Crippen LogP contribution < -0.4 is 0 Å². The lowest BCUT2D eigenvalue weighted by molar-refractivity contribution is -0.0351. The highest BCUT2D eigenvalue weighted by molar-refractivity contribution is 5.54. The molecule has 0 heteroatoms. The standard InChI is InChI=1S/C33H58/c1-7-9-10-15-25(16-11-12-18-27-23(5)31(22(3)4)24(27)6)20-26-17-13-19-28-30(21-26)33-29(14-8-2)32(28)33/h22-31H,7-21H2,1-6H3. The predicted molar refractivity (Wildman–Crippen MR) is 145 cm³/mol. The van der Waals surface area contributed by atoms with E-state index in [0.29, 0.717) is 0 Å². The van der Waals surface area contributed by atoms with Crippen LogP contribution in [0.3, 0.4) is 0 Å². The van der Waals surface area contributed by atoms with Crippen molar-refractivity contribution in [2.75, 3.05) is 0 Å². The van der Waals surface area contributed by atoms with Crippen molar-refractivity contribution in [3.05, 3.63) is 11.1 Å². The molecule has 0 N–H and O–H groups in total. The first-order valence-corrected chi connectivity index (χ1v) is 15.7. The molecule has 2 saturated carbocycles. The van der Waals surface area contributed by atoms with Gasteiger partial charge in [-0.2, -0.15) is 0 Å². The third-order valence-corrected chi connectivity index (χ3v) is 11.2. The van der Waals surface area contributed by atoms with Gasteiger partial charge in [0.2, 0.25) is 0 Å². The summed E-state index contributed by atoms with van der Waals surface area (Å²) in [7, 11) is 0. The Labute approximate surface area is 208 Å². The first-order chi connectivity index (χ1) is 16.0. The summed E-state index contributed by atoms with van der Waals surface area (Å²) in [5, 5.41) is 0. The van der Waals surface area contributed by atoms with Crippen LogP contribution in [-0.2, 0) is 0 Å². The zero-order valence-electron chi connectivity index (χ0n) is 23.4. The second kappa shape index (κ2) is 11.6. The fraction of sp³-hybridized carbons (Fsp3) is 0.939. The van der Waals surface area contributed by atoms with E-state index in [4.69, 9.17) is 0 Å².